The van der Waals surface area contributed by atoms with Gasteiger partial charge in [-0.25, -0.2) is 0 Å². The molecular formula is C13H19NO. The Bertz CT molecular complexity index is 354. The summed E-state index contributed by atoms with van der Waals surface area (Å²) in [7, 11) is 0. The van der Waals surface area contributed by atoms with Gasteiger partial charge in [-0.3, -0.25) is 4.90 Å². The summed E-state index contributed by atoms with van der Waals surface area (Å²) >= 11 is 0. The first-order valence-electron chi connectivity index (χ1n) is 5.68. The summed E-state index contributed by atoms with van der Waals surface area (Å²) in [6.07, 6.45) is 2.66. The molecule has 1 saturated heterocycles. The van der Waals surface area contributed by atoms with Crippen LogP contribution in [0.15, 0.2) is 12.1 Å². The second kappa shape index (κ2) is 4.23. The van der Waals surface area contributed by atoms with E-state index in [0.717, 1.165) is 12.1 Å². The van der Waals surface area contributed by atoms with E-state index >= 15 is 0 Å². The standard InChI is InChI=1S/C13H19NO/c1-10-8-13(15)11(2)7-12(10)9-14-5-3-4-6-14/h7-8,15H,3-6,9H2,1-2H3. The van der Waals surface area contributed by atoms with Crippen LogP contribution >= 0.6 is 0 Å². The summed E-state index contributed by atoms with van der Waals surface area (Å²) in [5.41, 5.74) is 3.53. The first-order valence-corrected chi connectivity index (χ1v) is 5.68. The van der Waals surface area contributed by atoms with Gasteiger partial charge in [-0.05, 0) is 62.5 Å². The number of rotatable bonds is 2. The van der Waals surface area contributed by atoms with Crippen LogP contribution in [-0.2, 0) is 6.54 Å². The Morgan fingerprint density at radius 1 is 1.13 bits per heavy atom. The van der Waals surface area contributed by atoms with Crippen molar-refractivity contribution in [2.24, 2.45) is 0 Å². The summed E-state index contributed by atoms with van der Waals surface area (Å²) in [5.74, 6) is 0.415. The summed E-state index contributed by atoms with van der Waals surface area (Å²) in [6, 6.07) is 3.99. The van der Waals surface area contributed by atoms with Crippen molar-refractivity contribution in [1.82, 2.24) is 4.90 Å². The lowest BCUT2D eigenvalue weighted by atomic mass is 10.0. The van der Waals surface area contributed by atoms with Crippen LogP contribution < -0.4 is 0 Å². The minimum absolute atomic E-state index is 0.415. The molecular weight excluding hydrogens is 186 g/mol. The maximum absolute atomic E-state index is 9.57. The number of nitrogens with zero attached hydrogens (tertiary/aromatic N) is 1. The van der Waals surface area contributed by atoms with E-state index < -0.39 is 0 Å². The molecule has 1 aliphatic heterocycles. The van der Waals surface area contributed by atoms with Gasteiger partial charge in [0.05, 0.1) is 0 Å². The van der Waals surface area contributed by atoms with Crippen molar-refractivity contribution in [1.29, 1.82) is 0 Å². The van der Waals surface area contributed by atoms with Gasteiger partial charge in [0, 0.05) is 6.54 Å². The topological polar surface area (TPSA) is 23.5 Å². The molecule has 0 radical (unpaired) electrons. The lowest BCUT2D eigenvalue weighted by Crippen LogP contribution is -2.19. The minimum atomic E-state index is 0.415. The average molecular weight is 205 g/mol. The zero-order valence-electron chi connectivity index (χ0n) is 9.58. The Hall–Kier alpha value is -1.02. The Morgan fingerprint density at radius 2 is 1.80 bits per heavy atom. The fourth-order valence-electron chi connectivity index (χ4n) is 2.21. The van der Waals surface area contributed by atoms with E-state index in [1.54, 1.807) is 0 Å². The molecule has 1 aromatic carbocycles. The fourth-order valence-corrected chi connectivity index (χ4v) is 2.21. The Labute approximate surface area is 91.5 Å². The molecule has 0 amide bonds. The van der Waals surface area contributed by atoms with Crippen LogP contribution in [0.2, 0.25) is 0 Å². The number of hydrogen-bond acceptors (Lipinski definition) is 2. The number of benzene rings is 1. The van der Waals surface area contributed by atoms with Crippen molar-refractivity contribution in [2.75, 3.05) is 13.1 Å². The molecule has 2 rings (SSSR count). The average Bonchev–Trinajstić information content (AvgIpc) is 2.67. The highest BCUT2D eigenvalue weighted by atomic mass is 16.3. The third kappa shape index (κ3) is 2.32. The van der Waals surface area contributed by atoms with Crippen molar-refractivity contribution in [3.05, 3.63) is 28.8 Å². The number of aromatic hydroxyl groups is 1. The van der Waals surface area contributed by atoms with Gasteiger partial charge in [-0.15, -0.1) is 0 Å². The molecule has 1 aromatic rings. The SMILES string of the molecule is Cc1cc(CN2CCCC2)c(C)cc1O. The number of aryl methyl sites for hydroxylation is 2. The lowest BCUT2D eigenvalue weighted by molar-refractivity contribution is 0.330. The molecule has 82 valence electrons. The predicted octanol–water partition coefficient (Wildman–Crippen LogP) is 2.60. The molecule has 0 atom stereocenters. The van der Waals surface area contributed by atoms with Gasteiger partial charge in [0.15, 0.2) is 0 Å². The Morgan fingerprint density at radius 3 is 2.47 bits per heavy atom. The van der Waals surface area contributed by atoms with Crippen molar-refractivity contribution in [3.63, 3.8) is 0 Å². The lowest BCUT2D eigenvalue weighted by Gasteiger charge is -2.17. The predicted molar refractivity (Wildman–Crippen MR) is 62.1 cm³/mol. The largest absolute Gasteiger partial charge is 0.508 e. The third-order valence-electron chi connectivity index (χ3n) is 3.25. The van der Waals surface area contributed by atoms with Gasteiger partial charge < -0.3 is 5.11 Å². The minimum Gasteiger partial charge on any atom is -0.508 e. The fraction of sp³-hybridized carbons (Fsp3) is 0.538. The first-order chi connectivity index (χ1) is 7.16. The smallest absolute Gasteiger partial charge is 0.118 e. The summed E-state index contributed by atoms with van der Waals surface area (Å²) in [5, 5.41) is 9.57. The molecule has 1 fully saturated rings. The normalized spacial score (nSPS) is 17.2. The second-order valence-electron chi connectivity index (χ2n) is 4.55. The third-order valence-corrected chi connectivity index (χ3v) is 3.25. The highest BCUT2D eigenvalue weighted by Gasteiger charge is 2.13. The maximum atomic E-state index is 9.57. The summed E-state index contributed by atoms with van der Waals surface area (Å²) < 4.78 is 0. The van der Waals surface area contributed by atoms with Crippen LogP contribution in [0.3, 0.4) is 0 Å². The van der Waals surface area contributed by atoms with Crippen molar-refractivity contribution in [2.45, 2.75) is 33.2 Å². The van der Waals surface area contributed by atoms with Gasteiger partial charge in [0.25, 0.3) is 0 Å². The van der Waals surface area contributed by atoms with E-state index in [4.69, 9.17) is 0 Å². The van der Waals surface area contributed by atoms with Gasteiger partial charge in [-0.1, -0.05) is 6.07 Å². The molecule has 2 heteroatoms. The van der Waals surface area contributed by atoms with Gasteiger partial charge in [0.2, 0.25) is 0 Å². The van der Waals surface area contributed by atoms with Crippen molar-refractivity contribution >= 4 is 0 Å². The molecule has 0 unspecified atom stereocenters. The van der Waals surface area contributed by atoms with Crippen LogP contribution in [0, 0.1) is 13.8 Å². The van der Waals surface area contributed by atoms with Gasteiger partial charge >= 0.3 is 0 Å². The molecule has 2 nitrogen and oxygen atoms in total. The van der Waals surface area contributed by atoms with Crippen LogP contribution in [0.4, 0.5) is 0 Å². The zero-order chi connectivity index (χ0) is 10.8. The number of hydrogen-bond donors (Lipinski definition) is 1. The van der Waals surface area contributed by atoms with Gasteiger partial charge in [-0.2, -0.15) is 0 Å². The number of likely N-dealkylation sites (tertiary alicyclic amines) is 1. The van der Waals surface area contributed by atoms with Crippen LogP contribution in [0.25, 0.3) is 0 Å². The van der Waals surface area contributed by atoms with Crippen LogP contribution in [0.5, 0.6) is 5.75 Å². The second-order valence-corrected chi connectivity index (χ2v) is 4.55. The van der Waals surface area contributed by atoms with Crippen LogP contribution in [0.1, 0.15) is 29.5 Å². The van der Waals surface area contributed by atoms with E-state index in [9.17, 15) is 5.11 Å². The van der Waals surface area contributed by atoms with Crippen molar-refractivity contribution < 1.29 is 5.11 Å². The van der Waals surface area contributed by atoms with E-state index in [1.807, 2.05) is 13.0 Å². The van der Waals surface area contributed by atoms with Gasteiger partial charge in [0.1, 0.15) is 5.75 Å². The number of phenols is 1. The molecule has 0 aliphatic carbocycles. The zero-order valence-corrected chi connectivity index (χ0v) is 9.58. The molecule has 1 heterocycles. The molecule has 0 saturated carbocycles. The molecule has 0 aromatic heterocycles. The molecule has 1 N–H and O–H groups in total. The van der Waals surface area contributed by atoms with Crippen LogP contribution in [-0.4, -0.2) is 23.1 Å². The Kier molecular flexibility index (Phi) is 2.96. The van der Waals surface area contributed by atoms with Crippen molar-refractivity contribution in [3.8, 4) is 5.75 Å². The highest BCUT2D eigenvalue weighted by molar-refractivity contribution is 5.40. The van der Waals surface area contributed by atoms with E-state index in [-0.39, 0.29) is 0 Å². The molecule has 0 spiro atoms. The highest BCUT2D eigenvalue weighted by Crippen LogP contribution is 2.23. The summed E-state index contributed by atoms with van der Waals surface area (Å²) in [4.78, 5) is 2.48. The van der Waals surface area contributed by atoms with E-state index in [0.29, 0.717) is 5.75 Å². The van der Waals surface area contributed by atoms with E-state index in [2.05, 4.69) is 17.9 Å². The monoisotopic (exact) mass is 205 g/mol. The molecule has 0 bridgehead atoms. The van der Waals surface area contributed by atoms with E-state index in [1.165, 1.54) is 37.1 Å². The summed E-state index contributed by atoms with van der Waals surface area (Å²) in [6.45, 7) is 7.51. The maximum Gasteiger partial charge on any atom is 0.118 e. The number of phenolic OH excluding ortho intramolecular Hbond substituents is 1. The molecule has 1 aliphatic rings. The first kappa shape index (κ1) is 10.5. The quantitative estimate of drug-likeness (QED) is 0.802. The molecule has 15 heavy (non-hydrogen) atoms. The Balaban J connectivity index is 2.16.